The summed E-state index contributed by atoms with van der Waals surface area (Å²) >= 11 is 0. The summed E-state index contributed by atoms with van der Waals surface area (Å²) in [6.07, 6.45) is -0.252. The van der Waals surface area contributed by atoms with E-state index in [9.17, 15) is 14.4 Å². The summed E-state index contributed by atoms with van der Waals surface area (Å²) in [4.78, 5) is 42.7. The molecule has 1 aromatic rings. The molecule has 0 aliphatic carbocycles. The molecular weight excluding hydrogens is 322 g/mol. The standard InChI is InChI=1S/C14H19N3O7/c1-8(18)22-7-11-10(23-9(2)19)6-13(24-11)17-5-4-12(16-21-3)15-14(17)20/h4-5,10-11,13H,6-7H2,1-3H3,(H,15,16,20)/t10-,11+,13+/m0/s1. The first-order valence-corrected chi connectivity index (χ1v) is 7.25. The third kappa shape index (κ3) is 4.52. The second-order valence-electron chi connectivity index (χ2n) is 5.12. The number of hydrogen-bond donors (Lipinski definition) is 1. The van der Waals surface area contributed by atoms with Gasteiger partial charge in [0.1, 0.15) is 25.0 Å². The molecule has 0 spiro atoms. The number of rotatable bonds is 6. The molecule has 10 heteroatoms. The lowest BCUT2D eigenvalue weighted by Crippen LogP contribution is -2.31. The number of anilines is 1. The topological polar surface area (TPSA) is 118 Å². The lowest BCUT2D eigenvalue weighted by Gasteiger charge is -2.17. The number of nitrogens with zero attached hydrogens (tertiary/aromatic N) is 2. The summed E-state index contributed by atoms with van der Waals surface area (Å²) < 4.78 is 17.1. The van der Waals surface area contributed by atoms with Gasteiger partial charge in [-0.25, -0.2) is 10.3 Å². The van der Waals surface area contributed by atoms with Gasteiger partial charge in [0.2, 0.25) is 0 Å². The van der Waals surface area contributed by atoms with Crippen LogP contribution in [0, 0.1) is 0 Å². The van der Waals surface area contributed by atoms with Gasteiger partial charge >= 0.3 is 17.6 Å². The fraction of sp³-hybridized carbons (Fsp3) is 0.571. The van der Waals surface area contributed by atoms with Crippen molar-refractivity contribution in [3.05, 3.63) is 22.7 Å². The van der Waals surface area contributed by atoms with Gasteiger partial charge in [0.25, 0.3) is 0 Å². The van der Waals surface area contributed by atoms with E-state index in [0.29, 0.717) is 0 Å². The van der Waals surface area contributed by atoms with E-state index in [1.165, 1.54) is 37.8 Å². The molecule has 1 aromatic heterocycles. The van der Waals surface area contributed by atoms with Gasteiger partial charge in [0.15, 0.2) is 5.82 Å². The van der Waals surface area contributed by atoms with E-state index in [4.69, 9.17) is 14.2 Å². The SMILES string of the molecule is CONc1ccn([C@H]2C[C@H](OC(C)=O)[C@@H](COC(C)=O)O2)c(=O)n1. The van der Waals surface area contributed by atoms with Gasteiger partial charge in [0.05, 0.1) is 7.11 Å². The van der Waals surface area contributed by atoms with Crippen molar-refractivity contribution in [3.63, 3.8) is 0 Å². The first-order valence-electron chi connectivity index (χ1n) is 7.25. The molecule has 0 bridgehead atoms. The highest BCUT2D eigenvalue weighted by Crippen LogP contribution is 2.30. The number of aromatic nitrogens is 2. The van der Waals surface area contributed by atoms with Crippen molar-refractivity contribution in [1.29, 1.82) is 0 Å². The lowest BCUT2D eigenvalue weighted by molar-refractivity contribution is -0.155. The van der Waals surface area contributed by atoms with Gasteiger partial charge in [-0.1, -0.05) is 0 Å². The van der Waals surface area contributed by atoms with Gasteiger partial charge in [-0.3, -0.25) is 19.0 Å². The Labute approximate surface area is 137 Å². The van der Waals surface area contributed by atoms with Crippen LogP contribution in [0.15, 0.2) is 17.1 Å². The minimum atomic E-state index is -0.688. The molecule has 2 rings (SSSR count). The van der Waals surface area contributed by atoms with Crippen molar-refractivity contribution in [1.82, 2.24) is 9.55 Å². The zero-order valence-electron chi connectivity index (χ0n) is 13.6. The largest absolute Gasteiger partial charge is 0.463 e. The first-order chi connectivity index (χ1) is 11.4. The molecule has 0 amide bonds. The van der Waals surface area contributed by atoms with E-state index < -0.39 is 36.1 Å². The van der Waals surface area contributed by atoms with Crippen LogP contribution in [0.4, 0.5) is 5.82 Å². The minimum absolute atomic E-state index is 0.0741. The van der Waals surface area contributed by atoms with E-state index in [1.54, 1.807) is 0 Å². The second-order valence-corrected chi connectivity index (χ2v) is 5.12. The Morgan fingerprint density at radius 3 is 2.75 bits per heavy atom. The Morgan fingerprint density at radius 2 is 2.17 bits per heavy atom. The van der Waals surface area contributed by atoms with E-state index in [-0.39, 0.29) is 18.8 Å². The molecule has 1 N–H and O–H groups in total. The van der Waals surface area contributed by atoms with E-state index in [0.717, 1.165) is 0 Å². The van der Waals surface area contributed by atoms with Gasteiger partial charge in [-0.15, -0.1) is 0 Å². The Balaban J connectivity index is 2.14. The van der Waals surface area contributed by atoms with Gasteiger partial charge in [-0.2, -0.15) is 4.98 Å². The maximum absolute atomic E-state index is 12.1. The second kappa shape index (κ2) is 7.88. The predicted octanol–water partition coefficient (Wildman–Crippen LogP) is -0.00110. The molecule has 24 heavy (non-hydrogen) atoms. The molecule has 132 valence electrons. The number of carbonyl (C=O) groups is 2. The summed E-state index contributed by atoms with van der Waals surface area (Å²) in [5, 5.41) is 0. The number of carbonyl (C=O) groups excluding carboxylic acids is 2. The summed E-state index contributed by atoms with van der Waals surface area (Å²) in [5.74, 6) is -0.704. The fourth-order valence-corrected chi connectivity index (χ4v) is 2.35. The molecule has 1 aliphatic rings. The molecule has 1 fully saturated rings. The summed E-state index contributed by atoms with van der Waals surface area (Å²) in [7, 11) is 1.40. The minimum Gasteiger partial charge on any atom is -0.463 e. The quantitative estimate of drug-likeness (QED) is 0.563. The average Bonchev–Trinajstić information content (AvgIpc) is 2.87. The number of ether oxygens (including phenoxy) is 3. The van der Waals surface area contributed by atoms with Crippen molar-refractivity contribution in [2.75, 3.05) is 19.2 Å². The summed E-state index contributed by atoms with van der Waals surface area (Å²) in [6.45, 7) is 2.47. The van der Waals surface area contributed by atoms with Crippen LogP contribution in [0.3, 0.4) is 0 Å². The number of esters is 2. The molecule has 0 aromatic carbocycles. The third-order valence-electron chi connectivity index (χ3n) is 3.30. The molecule has 10 nitrogen and oxygen atoms in total. The normalized spacial score (nSPS) is 22.9. The van der Waals surface area contributed by atoms with Crippen LogP contribution in [0.25, 0.3) is 0 Å². The van der Waals surface area contributed by atoms with Crippen molar-refractivity contribution in [3.8, 4) is 0 Å². The zero-order chi connectivity index (χ0) is 17.7. The van der Waals surface area contributed by atoms with E-state index in [1.807, 2.05) is 0 Å². The summed E-state index contributed by atoms with van der Waals surface area (Å²) in [5.41, 5.74) is 1.89. The number of hydrogen-bond acceptors (Lipinski definition) is 9. The zero-order valence-corrected chi connectivity index (χ0v) is 13.6. The van der Waals surface area contributed by atoms with Gasteiger partial charge in [0, 0.05) is 26.5 Å². The highest BCUT2D eigenvalue weighted by atomic mass is 16.6. The third-order valence-corrected chi connectivity index (χ3v) is 3.30. The van der Waals surface area contributed by atoms with Gasteiger partial charge in [-0.05, 0) is 6.07 Å². The fourth-order valence-electron chi connectivity index (χ4n) is 2.35. The van der Waals surface area contributed by atoms with Crippen molar-refractivity contribution in [2.24, 2.45) is 0 Å². The summed E-state index contributed by atoms with van der Waals surface area (Å²) in [6, 6.07) is 1.54. The molecule has 1 aliphatic heterocycles. The van der Waals surface area contributed by atoms with Crippen LogP contribution in [-0.4, -0.2) is 47.4 Å². The molecule has 0 unspecified atom stereocenters. The van der Waals surface area contributed by atoms with Crippen LogP contribution in [0.5, 0.6) is 0 Å². The van der Waals surface area contributed by atoms with Crippen LogP contribution in [-0.2, 0) is 28.6 Å². The van der Waals surface area contributed by atoms with Crippen LogP contribution in [0.2, 0.25) is 0 Å². The maximum atomic E-state index is 12.1. The molecule has 0 saturated carbocycles. The molecule has 3 atom stereocenters. The van der Waals surface area contributed by atoms with Crippen LogP contribution < -0.4 is 11.2 Å². The highest BCUT2D eigenvalue weighted by Gasteiger charge is 2.39. The monoisotopic (exact) mass is 341 g/mol. The first kappa shape index (κ1) is 17.9. The van der Waals surface area contributed by atoms with Crippen LogP contribution >= 0.6 is 0 Å². The Morgan fingerprint density at radius 1 is 1.42 bits per heavy atom. The Hall–Kier alpha value is -2.46. The van der Waals surface area contributed by atoms with E-state index >= 15 is 0 Å². The van der Waals surface area contributed by atoms with Crippen molar-refractivity contribution >= 4 is 17.8 Å². The molecule has 1 saturated heterocycles. The average molecular weight is 341 g/mol. The molecule has 0 radical (unpaired) electrons. The van der Waals surface area contributed by atoms with Crippen LogP contribution in [0.1, 0.15) is 26.5 Å². The highest BCUT2D eigenvalue weighted by molar-refractivity contribution is 5.66. The maximum Gasteiger partial charge on any atom is 0.351 e. The Bertz CT molecular complexity index is 660. The molecular formula is C14H19N3O7. The number of nitrogens with one attached hydrogen (secondary N) is 1. The van der Waals surface area contributed by atoms with Gasteiger partial charge < -0.3 is 14.2 Å². The molecule has 2 heterocycles. The predicted molar refractivity (Wildman–Crippen MR) is 79.8 cm³/mol. The Kier molecular flexibility index (Phi) is 5.88. The van der Waals surface area contributed by atoms with E-state index in [2.05, 4.69) is 15.3 Å². The van der Waals surface area contributed by atoms with Crippen molar-refractivity contribution < 1.29 is 28.6 Å². The van der Waals surface area contributed by atoms with Crippen molar-refractivity contribution in [2.45, 2.75) is 38.7 Å². The smallest absolute Gasteiger partial charge is 0.351 e. The lowest BCUT2D eigenvalue weighted by atomic mass is 10.2.